The van der Waals surface area contributed by atoms with Crippen molar-refractivity contribution in [1.29, 1.82) is 0 Å². The molecule has 2 unspecified atom stereocenters. The van der Waals surface area contributed by atoms with E-state index in [9.17, 15) is 4.79 Å². The standard InChI is InChI=1S/C26H34N4O/c1-29(2)25-11-10-21-23(28-25)9-6-13-26(21)17-27-16-22(26)24-15-20(12-14-30(24)18-31)19-7-4-3-5-8-19/h3-5,7-8,10-11,18,20,22,24,27H,6,9,12-17H2,1-2H3/t20?,22-,24?,26-/m0/s1. The number of nitrogens with zero attached hydrogens (tertiary/aromatic N) is 3. The Morgan fingerprint density at radius 1 is 1.19 bits per heavy atom. The van der Waals surface area contributed by atoms with Crippen molar-refractivity contribution in [1.82, 2.24) is 15.2 Å². The number of piperidine rings is 1. The number of fused-ring (bicyclic) bond motifs is 2. The Hall–Kier alpha value is -2.40. The molecule has 5 rings (SSSR count). The lowest BCUT2D eigenvalue weighted by molar-refractivity contribution is -0.123. The highest BCUT2D eigenvalue weighted by Gasteiger charge is 2.52. The predicted octanol–water partition coefficient (Wildman–Crippen LogP) is 3.35. The maximum atomic E-state index is 12.1. The van der Waals surface area contributed by atoms with Crippen LogP contribution in [0.1, 0.15) is 48.4 Å². The number of aromatic nitrogens is 1. The van der Waals surface area contributed by atoms with Gasteiger partial charge in [0.2, 0.25) is 6.41 Å². The van der Waals surface area contributed by atoms with Gasteiger partial charge in [0.05, 0.1) is 0 Å². The molecule has 1 spiro atoms. The van der Waals surface area contributed by atoms with Gasteiger partial charge in [-0.1, -0.05) is 36.4 Å². The molecule has 31 heavy (non-hydrogen) atoms. The lowest BCUT2D eigenvalue weighted by Gasteiger charge is -2.48. The van der Waals surface area contributed by atoms with Crippen LogP contribution in [0.15, 0.2) is 42.5 Å². The van der Waals surface area contributed by atoms with Crippen LogP contribution in [-0.2, 0) is 16.6 Å². The van der Waals surface area contributed by atoms with Crippen molar-refractivity contribution in [3.05, 3.63) is 59.3 Å². The van der Waals surface area contributed by atoms with Crippen molar-refractivity contribution in [3.63, 3.8) is 0 Å². The first kappa shape index (κ1) is 20.5. The molecule has 5 nitrogen and oxygen atoms in total. The third kappa shape index (κ3) is 3.53. The first-order chi connectivity index (χ1) is 15.1. The Morgan fingerprint density at radius 3 is 2.81 bits per heavy atom. The molecule has 0 radical (unpaired) electrons. The molecular formula is C26H34N4O. The number of hydrogen-bond donors (Lipinski definition) is 1. The molecule has 5 heteroatoms. The number of amides is 1. The largest absolute Gasteiger partial charge is 0.363 e. The van der Waals surface area contributed by atoms with Gasteiger partial charge in [-0.15, -0.1) is 0 Å². The highest BCUT2D eigenvalue weighted by atomic mass is 16.1. The second-order valence-corrected chi connectivity index (χ2v) is 9.85. The fraction of sp³-hybridized carbons (Fsp3) is 0.538. The quantitative estimate of drug-likeness (QED) is 0.774. The molecule has 2 fully saturated rings. The van der Waals surface area contributed by atoms with E-state index in [0.717, 1.165) is 51.1 Å². The molecule has 2 saturated heterocycles. The van der Waals surface area contributed by atoms with Crippen molar-refractivity contribution >= 4 is 12.2 Å². The summed E-state index contributed by atoms with van der Waals surface area (Å²) in [6.07, 6.45) is 6.62. The van der Waals surface area contributed by atoms with Crippen LogP contribution in [0.4, 0.5) is 5.82 Å². The molecule has 164 valence electrons. The van der Waals surface area contributed by atoms with Crippen molar-refractivity contribution in [2.24, 2.45) is 5.92 Å². The first-order valence-electron chi connectivity index (χ1n) is 11.8. The molecule has 4 atom stereocenters. The first-order valence-corrected chi connectivity index (χ1v) is 11.8. The molecule has 0 bridgehead atoms. The van der Waals surface area contributed by atoms with Gasteiger partial charge in [-0.2, -0.15) is 0 Å². The number of carbonyl (C=O) groups is 1. The second-order valence-electron chi connectivity index (χ2n) is 9.85. The summed E-state index contributed by atoms with van der Waals surface area (Å²) in [6, 6.07) is 15.6. The van der Waals surface area contributed by atoms with Gasteiger partial charge in [0, 0.05) is 56.8 Å². The van der Waals surface area contributed by atoms with Crippen molar-refractivity contribution in [2.75, 3.05) is 38.6 Å². The number of likely N-dealkylation sites (tertiary alicyclic amines) is 1. The molecule has 1 N–H and O–H groups in total. The summed E-state index contributed by atoms with van der Waals surface area (Å²) >= 11 is 0. The summed E-state index contributed by atoms with van der Waals surface area (Å²) in [7, 11) is 4.11. The normalized spacial score (nSPS) is 30.3. The Bertz CT molecular complexity index is 930. The monoisotopic (exact) mass is 418 g/mol. The minimum atomic E-state index is 0.0793. The number of rotatable bonds is 4. The molecule has 0 saturated carbocycles. The van der Waals surface area contributed by atoms with Crippen molar-refractivity contribution < 1.29 is 4.79 Å². The van der Waals surface area contributed by atoms with Gasteiger partial charge in [0.15, 0.2) is 0 Å². The lowest BCUT2D eigenvalue weighted by atomic mass is 9.61. The minimum Gasteiger partial charge on any atom is -0.363 e. The number of carbonyl (C=O) groups excluding carboxylic acids is 1. The third-order valence-corrected chi connectivity index (χ3v) is 8.06. The Balaban J connectivity index is 1.50. The van der Waals surface area contributed by atoms with Crippen LogP contribution >= 0.6 is 0 Å². The Morgan fingerprint density at radius 2 is 2.03 bits per heavy atom. The van der Waals surface area contributed by atoms with E-state index in [4.69, 9.17) is 4.98 Å². The Kier molecular flexibility index (Phi) is 5.47. The third-order valence-electron chi connectivity index (χ3n) is 8.06. The van der Waals surface area contributed by atoms with E-state index < -0.39 is 0 Å². The molecule has 1 aromatic heterocycles. The van der Waals surface area contributed by atoms with Crippen LogP contribution in [-0.4, -0.2) is 56.1 Å². The van der Waals surface area contributed by atoms with Crippen LogP contribution in [0.25, 0.3) is 0 Å². The summed E-state index contributed by atoms with van der Waals surface area (Å²) in [5.41, 5.74) is 4.18. The van der Waals surface area contributed by atoms with Gasteiger partial charge >= 0.3 is 0 Å². The zero-order chi connectivity index (χ0) is 21.4. The summed E-state index contributed by atoms with van der Waals surface area (Å²) < 4.78 is 0. The maximum Gasteiger partial charge on any atom is 0.209 e. The molecule has 1 aliphatic carbocycles. The SMILES string of the molecule is CN(C)c1ccc2c(n1)CCC[C@]21CNC[C@H]1C1CC(c2ccccc2)CCN1C=O. The molecular weight excluding hydrogens is 384 g/mol. The maximum absolute atomic E-state index is 12.1. The molecule has 3 heterocycles. The van der Waals surface area contributed by atoms with Gasteiger partial charge in [0.25, 0.3) is 0 Å². The zero-order valence-corrected chi connectivity index (χ0v) is 18.8. The highest BCUT2D eigenvalue weighted by Crippen LogP contribution is 2.49. The topological polar surface area (TPSA) is 48.5 Å². The second kappa shape index (κ2) is 8.27. The molecule has 2 aliphatic heterocycles. The van der Waals surface area contributed by atoms with E-state index in [1.54, 1.807) is 0 Å². The average molecular weight is 419 g/mol. The molecule has 3 aliphatic rings. The average Bonchev–Trinajstić information content (AvgIpc) is 3.22. The van der Waals surface area contributed by atoms with Crippen LogP contribution in [0.5, 0.6) is 0 Å². The Labute approximate surface area is 185 Å². The molecule has 1 amide bonds. The minimum absolute atomic E-state index is 0.0793. The number of aryl methyl sites for hydroxylation is 1. The van der Waals surface area contributed by atoms with Crippen LogP contribution in [0.3, 0.4) is 0 Å². The molecule has 1 aromatic carbocycles. The van der Waals surface area contributed by atoms with Crippen molar-refractivity contribution in [2.45, 2.75) is 49.5 Å². The fourth-order valence-electron chi connectivity index (χ4n) is 6.51. The number of anilines is 1. The number of pyridine rings is 1. The van der Waals surface area contributed by atoms with Gasteiger partial charge in [-0.25, -0.2) is 4.98 Å². The van der Waals surface area contributed by atoms with Crippen molar-refractivity contribution in [3.8, 4) is 0 Å². The van der Waals surface area contributed by atoms with Crippen LogP contribution < -0.4 is 10.2 Å². The number of nitrogens with one attached hydrogen (secondary N) is 1. The van der Waals surface area contributed by atoms with Gasteiger partial charge in [0.1, 0.15) is 5.82 Å². The van der Waals surface area contributed by atoms with Crippen LogP contribution in [0.2, 0.25) is 0 Å². The zero-order valence-electron chi connectivity index (χ0n) is 18.8. The number of benzene rings is 1. The van der Waals surface area contributed by atoms with Gasteiger partial charge < -0.3 is 15.1 Å². The predicted molar refractivity (Wildman–Crippen MR) is 125 cm³/mol. The van der Waals surface area contributed by atoms with E-state index >= 15 is 0 Å². The van der Waals surface area contributed by atoms with Crippen LogP contribution in [0, 0.1) is 5.92 Å². The summed E-state index contributed by atoms with van der Waals surface area (Å²) in [6.45, 7) is 2.82. The van der Waals surface area contributed by atoms with E-state index in [1.165, 1.54) is 29.7 Å². The summed E-state index contributed by atoms with van der Waals surface area (Å²) in [5, 5.41) is 3.73. The smallest absolute Gasteiger partial charge is 0.209 e. The lowest BCUT2D eigenvalue weighted by Crippen LogP contribution is -2.53. The van der Waals surface area contributed by atoms with E-state index in [-0.39, 0.29) is 11.5 Å². The van der Waals surface area contributed by atoms with Gasteiger partial charge in [-0.05, 0) is 55.2 Å². The molecule has 2 aromatic rings. The van der Waals surface area contributed by atoms with E-state index in [1.807, 2.05) is 0 Å². The van der Waals surface area contributed by atoms with E-state index in [2.05, 4.69) is 71.7 Å². The fourth-order valence-corrected chi connectivity index (χ4v) is 6.51. The summed E-state index contributed by atoms with van der Waals surface area (Å²) in [5.74, 6) is 1.99. The highest BCUT2D eigenvalue weighted by molar-refractivity contribution is 5.50. The summed E-state index contributed by atoms with van der Waals surface area (Å²) in [4.78, 5) is 21.3. The van der Waals surface area contributed by atoms with Gasteiger partial charge in [-0.3, -0.25) is 4.79 Å². The van der Waals surface area contributed by atoms with E-state index in [0.29, 0.717) is 11.8 Å². The number of hydrogen-bond acceptors (Lipinski definition) is 4.